The lowest BCUT2D eigenvalue weighted by molar-refractivity contribution is -0.137. The van der Waals surface area contributed by atoms with Gasteiger partial charge in [0.1, 0.15) is 4.62 Å². The molecule has 0 unspecified atom stereocenters. The lowest BCUT2D eigenvalue weighted by Crippen LogP contribution is -2.06. The topological polar surface area (TPSA) is 33.6 Å². The van der Waals surface area contributed by atoms with E-state index < -0.39 is 11.7 Å². The molecule has 0 aliphatic carbocycles. The third kappa shape index (κ3) is 3.67. The highest BCUT2D eigenvalue weighted by Gasteiger charge is 2.30. The Morgan fingerprint density at radius 1 is 1.13 bits per heavy atom. The van der Waals surface area contributed by atoms with Crippen molar-refractivity contribution >= 4 is 31.9 Å². The van der Waals surface area contributed by atoms with Crippen LogP contribution in [-0.2, 0) is 11.0 Å². The van der Waals surface area contributed by atoms with Gasteiger partial charge in [0.25, 0.3) is 0 Å². The minimum Gasteiger partial charge on any atom is -0.386 e. The Balaban J connectivity index is 1.87. The van der Waals surface area contributed by atoms with Crippen LogP contribution in [0.3, 0.4) is 0 Å². The van der Waals surface area contributed by atoms with E-state index in [-0.39, 0.29) is 6.10 Å². The van der Waals surface area contributed by atoms with Crippen LogP contribution >= 0.6 is 15.9 Å². The molecule has 3 rings (SSSR count). The van der Waals surface area contributed by atoms with E-state index in [1.807, 2.05) is 18.2 Å². The number of halogens is 4. The summed E-state index contributed by atoms with van der Waals surface area (Å²) in [6.07, 6.45) is -4.05. The quantitative estimate of drug-likeness (QED) is 0.744. The highest BCUT2D eigenvalue weighted by molar-refractivity contribution is 9.18. The Kier molecular flexibility index (Phi) is 4.30. The van der Waals surface area contributed by atoms with E-state index >= 15 is 0 Å². The van der Waals surface area contributed by atoms with Crippen molar-refractivity contribution in [3.05, 3.63) is 59.7 Å². The molecule has 0 saturated heterocycles. The molecule has 0 spiro atoms. The summed E-state index contributed by atoms with van der Waals surface area (Å²) in [5.41, 5.74) is 1.20. The third-order valence-corrected chi connectivity index (χ3v) is 3.88. The molecular weight excluding hydrogens is 373 g/mol. The Morgan fingerprint density at radius 2 is 1.91 bits per heavy atom. The van der Waals surface area contributed by atoms with Crippen LogP contribution in [0, 0.1) is 0 Å². The first kappa shape index (κ1) is 15.9. The second-order valence-corrected chi connectivity index (χ2v) is 5.97. The molecule has 0 saturated carbocycles. The van der Waals surface area contributed by atoms with Crippen molar-refractivity contribution in [1.82, 2.24) is 0 Å². The molecule has 2 aromatic rings. The maximum Gasteiger partial charge on any atom is 0.416 e. The number of hydrogen-bond donors (Lipinski definition) is 1. The van der Waals surface area contributed by atoms with Crippen molar-refractivity contribution < 1.29 is 18.0 Å². The summed E-state index contributed by atoms with van der Waals surface area (Å²) in [6, 6.07) is 12.4. The monoisotopic (exact) mass is 384 g/mol. The van der Waals surface area contributed by atoms with Crippen LogP contribution in [0.5, 0.6) is 0 Å². The molecule has 1 atom stereocenters. The molecule has 0 bridgehead atoms. The van der Waals surface area contributed by atoms with E-state index in [9.17, 15) is 13.2 Å². The molecule has 0 fully saturated rings. The highest BCUT2D eigenvalue weighted by Crippen LogP contribution is 2.36. The van der Waals surface area contributed by atoms with E-state index in [0.29, 0.717) is 22.4 Å². The zero-order valence-corrected chi connectivity index (χ0v) is 13.4. The lowest BCUT2D eigenvalue weighted by Gasteiger charge is -2.16. The fraction of sp³-hybridized carbons (Fsp3) is 0.188. The fourth-order valence-electron chi connectivity index (χ4n) is 2.34. The van der Waals surface area contributed by atoms with Gasteiger partial charge < -0.3 is 10.2 Å². The summed E-state index contributed by atoms with van der Waals surface area (Å²) in [7, 11) is 0. The van der Waals surface area contributed by atoms with Gasteiger partial charge in [0, 0.05) is 23.4 Å². The SMILES string of the molecule is FC(F)(F)c1cccc(Nc2ccccc2[C@@H]2CC(Br)=NO2)c1. The van der Waals surface area contributed by atoms with Gasteiger partial charge in [-0.05, 0) is 40.2 Å². The van der Waals surface area contributed by atoms with Crippen molar-refractivity contribution in [2.24, 2.45) is 5.16 Å². The summed E-state index contributed by atoms with van der Waals surface area (Å²) in [5.74, 6) is 0. The van der Waals surface area contributed by atoms with Gasteiger partial charge >= 0.3 is 6.18 Å². The average molecular weight is 385 g/mol. The molecule has 1 aliphatic heterocycles. The number of nitrogens with one attached hydrogen (secondary N) is 1. The molecule has 7 heteroatoms. The zero-order valence-electron chi connectivity index (χ0n) is 11.8. The normalized spacial score (nSPS) is 17.6. The molecular formula is C16H12BrF3N2O. The number of rotatable bonds is 3. The summed E-state index contributed by atoms with van der Waals surface area (Å²) in [4.78, 5) is 5.33. The number of benzene rings is 2. The largest absolute Gasteiger partial charge is 0.416 e. The van der Waals surface area contributed by atoms with Crippen molar-refractivity contribution in [2.45, 2.75) is 18.7 Å². The van der Waals surface area contributed by atoms with Gasteiger partial charge in [0.2, 0.25) is 0 Å². The van der Waals surface area contributed by atoms with E-state index in [4.69, 9.17) is 4.84 Å². The van der Waals surface area contributed by atoms with Gasteiger partial charge in [-0.2, -0.15) is 13.2 Å². The smallest absolute Gasteiger partial charge is 0.386 e. The molecule has 23 heavy (non-hydrogen) atoms. The van der Waals surface area contributed by atoms with Crippen LogP contribution in [0.2, 0.25) is 0 Å². The highest BCUT2D eigenvalue weighted by atomic mass is 79.9. The first-order chi connectivity index (χ1) is 10.9. The van der Waals surface area contributed by atoms with E-state index in [2.05, 4.69) is 26.4 Å². The van der Waals surface area contributed by atoms with Gasteiger partial charge in [-0.3, -0.25) is 0 Å². The molecule has 3 nitrogen and oxygen atoms in total. The Morgan fingerprint density at radius 3 is 2.61 bits per heavy atom. The number of alkyl halides is 3. The van der Waals surface area contributed by atoms with Crippen LogP contribution in [0.25, 0.3) is 0 Å². The second kappa shape index (κ2) is 6.23. The maximum atomic E-state index is 12.8. The Labute approximate surface area is 139 Å². The van der Waals surface area contributed by atoms with Crippen LogP contribution in [0.1, 0.15) is 23.7 Å². The number of hydrogen-bond acceptors (Lipinski definition) is 3. The molecule has 1 N–H and O–H groups in total. The molecule has 2 aromatic carbocycles. The number of oxime groups is 1. The van der Waals surface area contributed by atoms with Crippen molar-refractivity contribution in [3.8, 4) is 0 Å². The summed E-state index contributed by atoms with van der Waals surface area (Å²) in [5, 5.41) is 6.88. The third-order valence-electron chi connectivity index (χ3n) is 3.41. The second-order valence-electron chi connectivity index (χ2n) is 5.06. The summed E-state index contributed by atoms with van der Waals surface area (Å²) >= 11 is 3.28. The first-order valence-corrected chi connectivity index (χ1v) is 7.64. The van der Waals surface area contributed by atoms with E-state index in [0.717, 1.165) is 17.7 Å². The summed E-state index contributed by atoms with van der Waals surface area (Å²) < 4.78 is 39.1. The fourth-order valence-corrected chi connectivity index (χ4v) is 2.71. The first-order valence-electron chi connectivity index (χ1n) is 6.85. The number of nitrogens with zero attached hydrogens (tertiary/aromatic N) is 1. The number of para-hydroxylation sites is 1. The molecule has 1 heterocycles. The van der Waals surface area contributed by atoms with Crippen molar-refractivity contribution in [3.63, 3.8) is 0 Å². The van der Waals surface area contributed by atoms with Gasteiger partial charge in [-0.15, -0.1) is 0 Å². The predicted octanol–water partition coefficient (Wildman–Crippen LogP) is 5.62. The van der Waals surface area contributed by atoms with Crippen LogP contribution in [0.4, 0.5) is 24.5 Å². The van der Waals surface area contributed by atoms with Gasteiger partial charge in [-0.1, -0.05) is 29.4 Å². The summed E-state index contributed by atoms with van der Waals surface area (Å²) in [6.45, 7) is 0. The van der Waals surface area contributed by atoms with Crippen LogP contribution in [0.15, 0.2) is 53.7 Å². The molecule has 0 aromatic heterocycles. The standard InChI is InChI=1S/C16H12BrF3N2O/c17-15-9-14(23-22-15)12-6-1-2-7-13(12)21-11-5-3-4-10(8-11)16(18,19)20/h1-8,14,21H,9H2/t14-/m0/s1. The van der Waals surface area contributed by atoms with Crippen LogP contribution < -0.4 is 5.32 Å². The predicted molar refractivity (Wildman–Crippen MR) is 86.0 cm³/mol. The molecule has 0 amide bonds. The van der Waals surface area contributed by atoms with Gasteiger partial charge in [0.05, 0.1) is 5.56 Å². The average Bonchev–Trinajstić information content (AvgIpc) is 2.94. The molecule has 1 aliphatic rings. The lowest BCUT2D eigenvalue weighted by atomic mass is 10.0. The minimum atomic E-state index is -4.37. The number of anilines is 2. The molecule has 0 radical (unpaired) electrons. The van der Waals surface area contributed by atoms with E-state index in [1.165, 1.54) is 6.07 Å². The Bertz CT molecular complexity index is 746. The van der Waals surface area contributed by atoms with Gasteiger partial charge in [0.15, 0.2) is 6.10 Å². The van der Waals surface area contributed by atoms with Gasteiger partial charge in [-0.25, -0.2) is 0 Å². The van der Waals surface area contributed by atoms with E-state index in [1.54, 1.807) is 12.1 Å². The van der Waals surface area contributed by atoms with Crippen molar-refractivity contribution in [1.29, 1.82) is 0 Å². The maximum absolute atomic E-state index is 12.8. The van der Waals surface area contributed by atoms with Crippen LogP contribution in [-0.4, -0.2) is 4.62 Å². The molecule has 120 valence electrons. The van der Waals surface area contributed by atoms with Crippen molar-refractivity contribution in [2.75, 3.05) is 5.32 Å². The minimum absolute atomic E-state index is 0.265. The Hall–Kier alpha value is -2.02. The zero-order chi connectivity index (χ0) is 16.4.